The van der Waals surface area contributed by atoms with Crippen LogP contribution in [0.1, 0.15) is 22.0 Å². The summed E-state index contributed by atoms with van der Waals surface area (Å²) in [5.74, 6) is -0.458. The lowest BCUT2D eigenvalue weighted by molar-refractivity contribution is 0.0916. The van der Waals surface area contributed by atoms with Crippen LogP contribution in [0, 0.1) is 0 Å². The van der Waals surface area contributed by atoms with E-state index in [1.54, 1.807) is 24.5 Å². The predicted octanol–water partition coefficient (Wildman–Crippen LogP) is 1.90. The van der Waals surface area contributed by atoms with Crippen molar-refractivity contribution in [2.75, 3.05) is 6.54 Å². The number of hydrogen-bond donors (Lipinski definition) is 3. The van der Waals surface area contributed by atoms with E-state index in [-0.39, 0.29) is 23.2 Å². The number of phenolic OH excluding ortho intramolecular Hbond substituents is 1. The molecule has 20 heavy (non-hydrogen) atoms. The second-order valence-electron chi connectivity index (χ2n) is 4.17. The lowest BCUT2D eigenvalue weighted by atomic mass is 10.1. The van der Waals surface area contributed by atoms with Crippen LogP contribution in [0.15, 0.2) is 42.7 Å². The molecule has 1 amide bonds. The zero-order valence-electron chi connectivity index (χ0n) is 10.5. The number of nitrogens with one attached hydrogen (secondary N) is 1. The van der Waals surface area contributed by atoms with Crippen molar-refractivity contribution in [1.82, 2.24) is 10.3 Å². The quantitative estimate of drug-likeness (QED) is 0.804. The Bertz CT molecular complexity index is 605. The monoisotopic (exact) mass is 292 g/mol. The number of aliphatic hydroxyl groups excluding tert-OH is 1. The van der Waals surface area contributed by atoms with Gasteiger partial charge in [0.25, 0.3) is 5.91 Å². The Morgan fingerprint density at radius 1 is 1.30 bits per heavy atom. The van der Waals surface area contributed by atoms with Crippen LogP contribution in [0.4, 0.5) is 0 Å². The Morgan fingerprint density at radius 3 is 2.65 bits per heavy atom. The fourth-order valence-corrected chi connectivity index (χ4v) is 1.82. The zero-order valence-corrected chi connectivity index (χ0v) is 11.2. The number of hydrogen-bond acceptors (Lipinski definition) is 4. The van der Waals surface area contributed by atoms with Gasteiger partial charge >= 0.3 is 0 Å². The average Bonchev–Trinajstić information content (AvgIpc) is 2.48. The van der Waals surface area contributed by atoms with E-state index in [0.717, 1.165) is 0 Å². The number of aromatic hydroxyl groups is 1. The molecule has 1 aromatic heterocycles. The van der Waals surface area contributed by atoms with Crippen LogP contribution < -0.4 is 5.32 Å². The van der Waals surface area contributed by atoms with Crippen LogP contribution >= 0.6 is 11.6 Å². The fraction of sp³-hybridized carbons (Fsp3) is 0.143. The van der Waals surface area contributed by atoms with Crippen LogP contribution in [0.25, 0.3) is 0 Å². The number of benzene rings is 1. The summed E-state index contributed by atoms with van der Waals surface area (Å²) >= 11 is 5.73. The number of rotatable bonds is 4. The van der Waals surface area contributed by atoms with Crippen molar-refractivity contribution >= 4 is 17.5 Å². The van der Waals surface area contributed by atoms with Crippen molar-refractivity contribution in [3.8, 4) is 5.75 Å². The summed E-state index contributed by atoms with van der Waals surface area (Å²) in [4.78, 5) is 15.7. The molecule has 3 N–H and O–H groups in total. The Hall–Kier alpha value is -2.11. The lowest BCUT2D eigenvalue weighted by Gasteiger charge is -2.12. The highest BCUT2D eigenvalue weighted by Crippen LogP contribution is 2.23. The maximum Gasteiger partial charge on any atom is 0.251 e. The molecule has 104 valence electrons. The molecule has 0 fully saturated rings. The first-order valence-electron chi connectivity index (χ1n) is 5.92. The van der Waals surface area contributed by atoms with Gasteiger partial charge in [0.05, 0.1) is 11.1 Å². The van der Waals surface area contributed by atoms with E-state index in [9.17, 15) is 15.0 Å². The number of amides is 1. The van der Waals surface area contributed by atoms with E-state index < -0.39 is 6.10 Å². The molecule has 0 saturated carbocycles. The van der Waals surface area contributed by atoms with Gasteiger partial charge in [-0.1, -0.05) is 11.6 Å². The van der Waals surface area contributed by atoms with Crippen LogP contribution in [-0.4, -0.2) is 27.6 Å². The van der Waals surface area contributed by atoms with Crippen molar-refractivity contribution in [3.05, 3.63) is 58.9 Å². The molecular formula is C14H13ClN2O3. The Balaban J connectivity index is 1.97. The van der Waals surface area contributed by atoms with E-state index in [2.05, 4.69) is 10.3 Å². The van der Waals surface area contributed by atoms with E-state index >= 15 is 0 Å². The molecule has 0 spiro atoms. The van der Waals surface area contributed by atoms with Crippen LogP contribution in [-0.2, 0) is 0 Å². The smallest absolute Gasteiger partial charge is 0.251 e. The summed E-state index contributed by atoms with van der Waals surface area (Å²) < 4.78 is 0. The number of carbonyl (C=O) groups excluding carboxylic acids is 1. The van der Waals surface area contributed by atoms with Gasteiger partial charge in [0, 0.05) is 24.5 Å². The van der Waals surface area contributed by atoms with Gasteiger partial charge in [0.1, 0.15) is 5.75 Å². The molecule has 0 saturated heterocycles. The molecule has 1 atom stereocenters. The Morgan fingerprint density at radius 2 is 2.00 bits per heavy atom. The maximum absolute atomic E-state index is 11.9. The molecule has 1 aromatic carbocycles. The summed E-state index contributed by atoms with van der Waals surface area (Å²) in [6, 6.07) is 7.51. The Kier molecular flexibility index (Phi) is 4.55. The summed E-state index contributed by atoms with van der Waals surface area (Å²) in [6.45, 7) is 0.0708. The predicted molar refractivity (Wildman–Crippen MR) is 74.6 cm³/mol. The van der Waals surface area contributed by atoms with E-state index in [0.29, 0.717) is 11.1 Å². The van der Waals surface area contributed by atoms with Gasteiger partial charge in [-0.15, -0.1) is 0 Å². The molecule has 1 heterocycles. The normalized spacial score (nSPS) is 11.9. The van der Waals surface area contributed by atoms with Crippen LogP contribution in [0.3, 0.4) is 0 Å². The number of carbonyl (C=O) groups is 1. The van der Waals surface area contributed by atoms with Crippen molar-refractivity contribution in [2.24, 2.45) is 0 Å². The molecule has 0 radical (unpaired) electrons. The topological polar surface area (TPSA) is 82.5 Å². The fourth-order valence-electron chi connectivity index (χ4n) is 1.64. The number of phenols is 1. The minimum Gasteiger partial charge on any atom is -0.506 e. The largest absolute Gasteiger partial charge is 0.506 e. The van der Waals surface area contributed by atoms with Crippen molar-refractivity contribution < 1.29 is 15.0 Å². The van der Waals surface area contributed by atoms with Gasteiger partial charge in [-0.2, -0.15) is 0 Å². The number of aromatic nitrogens is 1. The van der Waals surface area contributed by atoms with Gasteiger partial charge in [0.15, 0.2) is 0 Å². The highest BCUT2D eigenvalue weighted by atomic mass is 35.5. The highest BCUT2D eigenvalue weighted by molar-refractivity contribution is 6.32. The van der Waals surface area contributed by atoms with Gasteiger partial charge in [-0.3, -0.25) is 9.78 Å². The van der Waals surface area contributed by atoms with Crippen LogP contribution in [0.5, 0.6) is 5.75 Å². The molecule has 0 bridgehead atoms. The van der Waals surface area contributed by atoms with E-state index in [1.807, 2.05) is 0 Å². The van der Waals surface area contributed by atoms with E-state index in [4.69, 9.17) is 11.6 Å². The SMILES string of the molecule is O=C(NCC(O)c1ccncc1)c1ccc(O)c(Cl)c1. The van der Waals surface area contributed by atoms with E-state index in [1.165, 1.54) is 18.2 Å². The standard InChI is InChI=1S/C14H13ClN2O3/c15-11-7-10(1-2-12(11)18)14(20)17-8-13(19)9-3-5-16-6-4-9/h1-7,13,18-19H,8H2,(H,17,20). The van der Waals surface area contributed by atoms with Crippen molar-refractivity contribution in [1.29, 1.82) is 0 Å². The number of halogens is 1. The maximum atomic E-state index is 11.9. The first-order chi connectivity index (χ1) is 9.58. The second-order valence-corrected chi connectivity index (χ2v) is 4.58. The highest BCUT2D eigenvalue weighted by Gasteiger charge is 2.11. The van der Waals surface area contributed by atoms with Crippen molar-refractivity contribution in [2.45, 2.75) is 6.10 Å². The molecule has 0 aliphatic carbocycles. The van der Waals surface area contributed by atoms with Crippen molar-refractivity contribution in [3.63, 3.8) is 0 Å². The number of nitrogens with zero attached hydrogens (tertiary/aromatic N) is 1. The molecule has 2 rings (SSSR count). The number of aliphatic hydroxyl groups is 1. The van der Waals surface area contributed by atoms with Gasteiger partial charge in [0.2, 0.25) is 0 Å². The first kappa shape index (κ1) is 14.3. The zero-order chi connectivity index (χ0) is 14.5. The third-order valence-electron chi connectivity index (χ3n) is 2.76. The van der Waals surface area contributed by atoms with Gasteiger partial charge in [-0.05, 0) is 35.9 Å². The molecular weight excluding hydrogens is 280 g/mol. The molecule has 0 aliphatic heterocycles. The summed E-state index contributed by atoms with van der Waals surface area (Å²) in [5, 5.41) is 21.9. The second kappa shape index (κ2) is 6.36. The number of pyridine rings is 1. The van der Waals surface area contributed by atoms with Gasteiger partial charge < -0.3 is 15.5 Å². The third-order valence-corrected chi connectivity index (χ3v) is 3.06. The Labute approximate surface area is 120 Å². The first-order valence-corrected chi connectivity index (χ1v) is 6.30. The minimum atomic E-state index is -0.811. The molecule has 2 aromatic rings. The summed E-state index contributed by atoms with van der Waals surface area (Å²) in [5.41, 5.74) is 0.985. The summed E-state index contributed by atoms with van der Waals surface area (Å²) in [7, 11) is 0. The molecule has 1 unspecified atom stereocenters. The lowest BCUT2D eigenvalue weighted by Crippen LogP contribution is -2.28. The third kappa shape index (κ3) is 3.46. The van der Waals surface area contributed by atoms with Gasteiger partial charge in [-0.25, -0.2) is 0 Å². The van der Waals surface area contributed by atoms with Crippen LogP contribution in [0.2, 0.25) is 5.02 Å². The minimum absolute atomic E-state index is 0.0708. The molecule has 6 heteroatoms. The molecule has 0 aliphatic rings. The average molecular weight is 293 g/mol. The molecule has 5 nitrogen and oxygen atoms in total. The summed E-state index contributed by atoms with van der Waals surface area (Å²) in [6.07, 6.45) is 2.33.